The standard InChI is InChI=1S/C9H7NO4/c1-6(11)9(12)7-2-4-8(5-3-7)10(13)14/h2-5H,1H3. The second kappa shape index (κ2) is 3.78. The van der Waals surface area contributed by atoms with Gasteiger partial charge in [0.1, 0.15) is 0 Å². The van der Waals surface area contributed by atoms with Crippen LogP contribution in [0, 0.1) is 10.1 Å². The number of rotatable bonds is 3. The van der Waals surface area contributed by atoms with Crippen molar-refractivity contribution in [2.75, 3.05) is 0 Å². The van der Waals surface area contributed by atoms with Crippen molar-refractivity contribution in [3.05, 3.63) is 39.9 Å². The van der Waals surface area contributed by atoms with Gasteiger partial charge in [0.25, 0.3) is 5.69 Å². The van der Waals surface area contributed by atoms with Crippen molar-refractivity contribution < 1.29 is 14.5 Å². The second-order valence-electron chi connectivity index (χ2n) is 2.69. The molecular weight excluding hydrogens is 186 g/mol. The topological polar surface area (TPSA) is 77.3 Å². The van der Waals surface area contributed by atoms with Crippen LogP contribution in [0.25, 0.3) is 0 Å². The van der Waals surface area contributed by atoms with Crippen molar-refractivity contribution in [2.45, 2.75) is 6.92 Å². The zero-order valence-electron chi connectivity index (χ0n) is 7.39. The quantitative estimate of drug-likeness (QED) is 0.314. The van der Waals surface area contributed by atoms with Crippen LogP contribution in [0.3, 0.4) is 0 Å². The molecule has 0 amide bonds. The lowest BCUT2D eigenvalue weighted by atomic mass is 10.1. The van der Waals surface area contributed by atoms with Gasteiger partial charge >= 0.3 is 0 Å². The lowest BCUT2D eigenvalue weighted by molar-refractivity contribution is -0.384. The first-order valence-corrected chi connectivity index (χ1v) is 3.82. The molecule has 0 fully saturated rings. The molecule has 0 bridgehead atoms. The van der Waals surface area contributed by atoms with Crippen LogP contribution in [-0.2, 0) is 4.79 Å². The SMILES string of the molecule is CC(=O)C(=O)c1ccc([N+](=O)[O-])cc1. The molecule has 0 saturated carbocycles. The highest BCUT2D eigenvalue weighted by molar-refractivity contribution is 6.42. The molecule has 0 aliphatic rings. The fourth-order valence-corrected chi connectivity index (χ4v) is 0.938. The van der Waals surface area contributed by atoms with Crippen LogP contribution in [0.15, 0.2) is 24.3 Å². The summed E-state index contributed by atoms with van der Waals surface area (Å²) in [5, 5.41) is 10.3. The Morgan fingerprint density at radius 2 is 1.71 bits per heavy atom. The lowest BCUT2D eigenvalue weighted by Crippen LogP contribution is -2.09. The van der Waals surface area contributed by atoms with Gasteiger partial charge in [-0.3, -0.25) is 19.7 Å². The van der Waals surface area contributed by atoms with E-state index in [1.807, 2.05) is 0 Å². The summed E-state index contributed by atoms with van der Waals surface area (Å²) in [4.78, 5) is 31.5. The molecule has 0 unspecified atom stereocenters. The largest absolute Gasteiger partial charge is 0.291 e. The molecule has 0 heterocycles. The van der Waals surface area contributed by atoms with Crippen LogP contribution in [0.2, 0.25) is 0 Å². The zero-order chi connectivity index (χ0) is 10.7. The van der Waals surface area contributed by atoms with Crippen molar-refractivity contribution >= 4 is 17.3 Å². The summed E-state index contributed by atoms with van der Waals surface area (Å²) >= 11 is 0. The zero-order valence-corrected chi connectivity index (χ0v) is 7.39. The Morgan fingerprint density at radius 1 is 1.21 bits per heavy atom. The molecule has 0 N–H and O–H groups in total. The highest BCUT2D eigenvalue weighted by atomic mass is 16.6. The average Bonchev–Trinajstić information content (AvgIpc) is 2.16. The first kappa shape index (κ1) is 10.0. The molecule has 5 nitrogen and oxygen atoms in total. The maximum Gasteiger partial charge on any atom is 0.269 e. The minimum Gasteiger partial charge on any atom is -0.291 e. The summed E-state index contributed by atoms with van der Waals surface area (Å²) in [5.41, 5.74) is 0.0632. The molecule has 14 heavy (non-hydrogen) atoms. The average molecular weight is 193 g/mol. The van der Waals surface area contributed by atoms with Crippen molar-refractivity contribution in [2.24, 2.45) is 0 Å². The molecule has 0 spiro atoms. The Kier molecular flexibility index (Phi) is 2.71. The predicted octanol–water partition coefficient (Wildman–Crippen LogP) is 1.37. The number of carbonyl (C=O) groups excluding carboxylic acids is 2. The first-order chi connectivity index (χ1) is 6.52. The van der Waals surface area contributed by atoms with E-state index in [-0.39, 0.29) is 11.3 Å². The molecule has 1 aromatic rings. The molecule has 1 rings (SSSR count). The van der Waals surface area contributed by atoms with Crippen LogP contribution >= 0.6 is 0 Å². The van der Waals surface area contributed by atoms with Gasteiger partial charge in [0.15, 0.2) is 5.78 Å². The molecule has 1 aromatic carbocycles. The van der Waals surface area contributed by atoms with E-state index in [2.05, 4.69) is 0 Å². The highest BCUT2D eigenvalue weighted by Gasteiger charge is 2.12. The van der Waals surface area contributed by atoms with Gasteiger partial charge in [-0.05, 0) is 12.1 Å². The van der Waals surface area contributed by atoms with E-state index in [4.69, 9.17) is 0 Å². The number of non-ortho nitro benzene ring substituents is 1. The number of nitro benzene ring substituents is 1. The molecule has 0 aliphatic heterocycles. The molecule has 0 aromatic heterocycles. The lowest BCUT2D eigenvalue weighted by Gasteiger charge is -1.95. The van der Waals surface area contributed by atoms with Gasteiger partial charge in [-0.2, -0.15) is 0 Å². The van der Waals surface area contributed by atoms with Gasteiger partial charge in [0, 0.05) is 24.6 Å². The van der Waals surface area contributed by atoms with Crippen molar-refractivity contribution in [1.29, 1.82) is 0 Å². The van der Waals surface area contributed by atoms with E-state index < -0.39 is 16.5 Å². The molecular formula is C9H7NO4. The maximum absolute atomic E-state index is 11.1. The predicted molar refractivity (Wildman–Crippen MR) is 48.1 cm³/mol. The summed E-state index contributed by atoms with van der Waals surface area (Å²) in [6, 6.07) is 4.91. The van der Waals surface area contributed by atoms with Gasteiger partial charge in [-0.1, -0.05) is 0 Å². The van der Waals surface area contributed by atoms with Gasteiger partial charge in [-0.25, -0.2) is 0 Å². The summed E-state index contributed by atoms with van der Waals surface area (Å²) < 4.78 is 0. The third-order valence-corrected chi connectivity index (χ3v) is 1.66. The van der Waals surface area contributed by atoms with Crippen LogP contribution < -0.4 is 0 Å². The Bertz CT molecular complexity index is 394. The second-order valence-corrected chi connectivity index (χ2v) is 2.69. The smallest absolute Gasteiger partial charge is 0.269 e. The van der Waals surface area contributed by atoms with Gasteiger partial charge in [0.05, 0.1) is 4.92 Å². The van der Waals surface area contributed by atoms with Crippen LogP contribution in [-0.4, -0.2) is 16.5 Å². The molecule has 72 valence electrons. The minimum atomic E-state index is -0.639. The van der Waals surface area contributed by atoms with Crippen LogP contribution in [0.5, 0.6) is 0 Å². The Hall–Kier alpha value is -2.04. The number of carbonyl (C=O) groups is 2. The molecule has 0 atom stereocenters. The van der Waals surface area contributed by atoms with Gasteiger partial charge < -0.3 is 0 Å². The number of Topliss-reactive ketones (excluding diaryl/α,β-unsaturated/α-hetero) is 2. The number of hydrogen-bond acceptors (Lipinski definition) is 4. The number of nitro groups is 1. The van der Waals surface area contributed by atoms with Crippen molar-refractivity contribution in [1.82, 2.24) is 0 Å². The third kappa shape index (κ3) is 2.01. The van der Waals surface area contributed by atoms with E-state index in [1.165, 1.54) is 24.3 Å². The third-order valence-electron chi connectivity index (χ3n) is 1.66. The van der Waals surface area contributed by atoms with Crippen molar-refractivity contribution in [3.63, 3.8) is 0 Å². The van der Waals surface area contributed by atoms with Crippen LogP contribution in [0.1, 0.15) is 17.3 Å². The fraction of sp³-hybridized carbons (Fsp3) is 0.111. The molecule has 0 saturated heterocycles. The van der Waals surface area contributed by atoms with E-state index >= 15 is 0 Å². The Morgan fingerprint density at radius 3 is 2.07 bits per heavy atom. The molecule has 5 heteroatoms. The van der Waals surface area contributed by atoms with E-state index in [0.29, 0.717) is 0 Å². The molecule has 0 aliphatic carbocycles. The van der Waals surface area contributed by atoms with E-state index in [0.717, 1.165) is 6.92 Å². The maximum atomic E-state index is 11.1. The summed E-state index contributed by atoms with van der Waals surface area (Å²) in [5.74, 6) is -1.22. The first-order valence-electron chi connectivity index (χ1n) is 3.82. The summed E-state index contributed by atoms with van der Waals surface area (Å²) in [7, 11) is 0. The Balaban J connectivity index is 3.00. The molecule has 0 radical (unpaired) electrons. The van der Waals surface area contributed by atoms with Crippen molar-refractivity contribution in [3.8, 4) is 0 Å². The normalized spacial score (nSPS) is 9.50. The number of benzene rings is 1. The van der Waals surface area contributed by atoms with Gasteiger partial charge in [0.2, 0.25) is 5.78 Å². The fourth-order valence-electron chi connectivity index (χ4n) is 0.938. The minimum absolute atomic E-state index is 0.106. The van der Waals surface area contributed by atoms with E-state index in [1.54, 1.807) is 0 Å². The monoisotopic (exact) mass is 193 g/mol. The Labute approximate surface area is 79.5 Å². The highest BCUT2D eigenvalue weighted by Crippen LogP contribution is 2.12. The number of nitrogens with zero attached hydrogens (tertiary/aromatic N) is 1. The van der Waals surface area contributed by atoms with E-state index in [9.17, 15) is 19.7 Å². The van der Waals surface area contributed by atoms with Crippen LogP contribution in [0.4, 0.5) is 5.69 Å². The summed E-state index contributed by atoms with van der Waals surface area (Å²) in [6.45, 7) is 1.16. The van der Waals surface area contributed by atoms with Gasteiger partial charge in [-0.15, -0.1) is 0 Å². The number of ketones is 2. The number of hydrogen-bond donors (Lipinski definition) is 0. The summed E-state index contributed by atoms with van der Waals surface area (Å²) in [6.07, 6.45) is 0.